The summed E-state index contributed by atoms with van der Waals surface area (Å²) in [6.45, 7) is 1.70. The third kappa shape index (κ3) is 2.20. The lowest BCUT2D eigenvalue weighted by Gasteiger charge is -2.27. The zero-order valence-corrected chi connectivity index (χ0v) is 14.8. The van der Waals surface area contributed by atoms with Gasteiger partial charge < -0.3 is 5.32 Å². The smallest absolute Gasteiger partial charge is 0.137 e. The molecular weight excluding hydrogens is 351 g/mol. The molecule has 1 aliphatic carbocycles. The molecule has 0 fully saturated rings. The van der Waals surface area contributed by atoms with E-state index in [2.05, 4.69) is 15.4 Å². The number of hydrogen-bond acceptors (Lipinski definition) is 3. The normalized spacial score (nSPS) is 24.3. The highest BCUT2D eigenvalue weighted by Crippen LogP contribution is 2.44. The largest absolute Gasteiger partial charge is 0.374 e. The fourth-order valence-electron chi connectivity index (χ4n) is 3.68. The molecule has 0 bridgehead atoms. The predicted molar refractivity (Wildman–Crippen MR) is 101 cm³/mol. The van der Waals surface area contributed by atoms with Crippen molar-refractivity contribution in [1.29, 1.82) is 0 Å². The van der Waals surface area contributed by atoms with E-state index in [9.17, 15) is 4.39 Å². The Bertz CT molecular complexity index is 1100. The molecule has 4 nitrogen and oxygen atoms in total. The first kappa shape index (κ1) is 15.6. The highest BCUT2D eigenvalue weighted by Gasteiger charge is 2.33. The Morgan fingerprint density at radius 1 is 1.31 bits per heavy atom. The summed E-state index contributed by atoms with van der Waals surface area (Å²) in [6.07, 6.45) is 7.47. The number of rotatable bonds is 1. The first-order chi connectivity index (χ1) is 12.5. The summed E-state index contributed by atoms with van der Waals surface area (Å²) in [4.78, 5) is 3.56. The van der Waals surface area contributed by atoms with Gasteiger partial charge in [0.05, 0.1) is 16.4 Å². The van der Waals surface area contributed by atoms with Gasteiger partial charge >= 0.3 is 0 Å². The van der Waals surface area contributed by atoms with Crippen molar-refractivity contribution in [2.24, 2.45) is 0 Å². The SMILES string of the molecule is CC1(Cl)CC=C(C2Nc3ccccc3-c3ncnn4ccc2c34)C=C1F. The minimum Gasteiger partial charge on any atom is -0.374 e. The van der Waals surface area contributed by atoms with Crippen molar-refractivity contribution in [3.8, 4) is 11.3 Å². The van der Waals surface area contributed by atoms with E-state index in [0.29, 0.717) is 6.42 Å². The van der Waals surface area contributed by atoms with E-state index in [0.717, 1.165) is 33.6 Å². The van der Waals surface area contributed by atoms with Crippen LogP contribution < -0.4 is 5.32 Å². The lowest BCUT2D eigenvalue weighted by atomic mass is 9.90. The second-order valence-electron chi connectivity index (χ2n) is 6.89. The van der Waals surface area contributed by atoms with Crippen LogP contribution in [0, 0.1) is 0 Å². The Labute approximate surface area is 155 Å². The standard InChI is InChI=1S/C20H16ClFN4/c1-20(21)8-6-12(10-16(20)22)17-14-7-9-26-19(14)18(23-11-24-26)13-4-2-3-5-15(13)25-17/h2-7,9-11,17,25H,8H2,1H3. The number of nitrogens with one attached hydrogen (secondary N) is 1. The zero-order valence-electron chi connectivity index (χ0n) is 14.1. The molecule has 1 aromatic carbocycles. The quantitative estimate of drug-likeness (QED) is 0.613. The number of anilines is 1. The number of allylic oxidation sites excluding steroid dienone is 2. The molecule has 0 saturated carbocycles. The van der Waals surface area contributed by atoms with Crippen LogP contribution in [0.5, 0.6) is 0 Å². The van der Waals surface area contributed by atoms with Crippen LogP contribution in [0.25, 0.3) is 16.8 Å². The molecule has 2 unspecified atom stereocenters. The summed E-state index contributed by atoms with van der Waals surface area (Å²) < 4.78 is 16.3. The Morgan fingerprint density at radius 2 is 2.15 bits per heavy atom. The lowest BCUT2D eigenvalue weighted by Crippen LogP contribution is -2.22. The lowest BCUT2D eigenvalue weighted by molar-refractivity contribution is 0.510. The van der Waals surface area contributed by atoms with E-state index in [1.165, 1.54) is 0 Å². The first-order valence-electron chi connectivity index (χ1n) is 8.49. The maximum Gasteiger partial charge on any atom is 0.137 e. The van der Waals surface area contributed by atoms with Gasteiger partial charge in [0.15, 0.2) is 0 Å². The molecule has 5 rings (SSSR count). The molecule has 2 atom stereocenters. The number of fused-ring (bicyclic) bond motifs is 2. The second-order valence-corrected chi connectivity index (χ2v) is 7.73. The van der Waals surface area contributed by atoms with Gasteiger partial charge in [-0.3, -0.25) is 0 Å². The summed E-state index contributed by atoms with van der Waals surface area (Å²) in [5.41, 5.74) is 5.65. The van der Waals surface area contributed by atoms with Crippen LogP contribution in [0.3, 0.4) is 0 Å². The van der Waals surface area contributed by atoms with Crippen molar-refractivity contribution >= 4 is 22.8 Å². The van der Waals surface area contributed by atoms with Crippen molar-refractivity contribution in [3.05, 3.63) is 72.0 Å². The number of nitrogens with zero attached hydrogens (tertiary/aromatic N) is 3. The highest BCUT2D eigenvalue weighted by atomic mass is 35.5. The van der Waals surface area contributed by atoms with Gasteiger partial charge in [0.2, 0.25) is 0 Å². The van der Waals surface area contributed by atoms with E-state index in [-0.39, 0.29) is 11.9 Å². The summed E-state index contributed by atoms with van der Waals surface area (Å²) >= 11 is 6.25. The summed E-state index contributed by atoms with van der Waals surface area (Å²) in [5.74, 6) is -0.309. The average molecular weight is 367 g/mol. The molecule has 0 amide bonds. The van der Waals surface area contributed by atoms with Crippen LogP contribution in [-0.4, -0.2) is 19.5 Å². The van der Waals surface area contributed by atoms with Crippen molar-refractivity contribution in [2.75, 3.05) is 5.32 Å². The Morgan fingerprint density at radius 3 is 3.00 bits per heavy atom. The fourth-order valence-corrected chi connectivity index (χ4v) is 3.82. The van der Waals surface area contributed by atoms with E-state index in [4.69, 9.17) is 11.6 Å². The number of halogens is 2. The monoisotopic (exact) mass is 366 g/mol. The molecule has 2 aliphatic rings. The molecule has 0 radical (unpaired) electrons. The van der Waals surface area contributed by atoms with Crippen molar-refractivity contribution < 1.29 is 4.39 Å². The third-order valence-corrected chi connectivity index (χ3v) is 5.46. The topological polar surface area (TPSA) is 42.2 Å². The predicted octanol–water partition coefficient (Wildman–Crippen LogP) is 5.04. The summed E-state index contributed by atoms with van der Waals surface area (Å²) in [6, 6.07) is 9.82. The molecule has 0 spiro atoms. The van der Waals surface area contributed by atoms with E-state index >= 15 is 0 Å². The minimum atomic E-state index is -0.969. The highest BCUT2D eigenvalue weighted by molar-refractivity contribution is 6.25. The minimum absolute atomic E-state index is 0.202. The van der Waals surface area contributed by atoms with Crippen LogP contribution in [0.4, 0.5) is 10.1 Å². The molecule has 2 aromatic heterocycles. The van der Waals surface area contributed by atoms with Crippen molar-refractivity contribution in [1.82, 2.24) is 14.6 Å². The van der Waals surface area contributed by atoms with Gasteiger partial charge in [-0.1, -0.05) is 24.3 Å². The van der Waals surface area contributed by atoms with Gasteiger partial charge in [-0.15, -0.1) is 11.6 Å². The van der Waals surface area contributed by atoms with E-state index in [1.54, 1.807) is 19.3 Å². The van der Waals surface area contributed by atoms with Crippen LogP contribution in [0.2, 0.25) is 0 Å². The number of benzene rings is 1. The first-order valence-corrected chi connectivity index (χ1v) is 8.87. The van der Waals surface area contributed by atoms with Gasteiger partial charge in [0.25, 0.3) is 0 Å². The van der Waals surface area contributed by atoms with Crippen LogP contribution in [0.1, 0.15) is 24.9 Å². The van der Waals surface area contributed by atoms with Gasteiger partial charge in [0, 0.05) is 23.0 Å². The number of alkyl halides is 1. The third-order valence-electron chi connectivity index (χ3n) is 5.12. The Balaban J connectivity index is 1.75. The average Bonchev–Trinajstić information content (AvgIpc) is 3.00. The molecule has 0 saturated heterocycles. The summed E-state index contributed by atoms with van der Waals surface area (Å²) in [5, 5.41) is 7.89. The molecule has 26 heavy (non-hydrogen) atoms. The van der Waals surface area contributed by atoms with Crippen LogP contribution in [0.15, 0.2) is 66.4 Å². The Kier molecular flexibility index (Phi) is 3.25. The van der Waals surface area contributed by atoms with E-state index < -0.39 is 4.87 Å². The van der Waals surface area contributed by atoms with E-state index in [1.807, 2.05) is 47.1 Å². The van der Waals surface area contributed by atoms with Crippen LogP contribution >= 0.6 is 11.6 Å². The molecule has 3 aromatic rings. The van der Waals surface area contributed by atoms with Gasteiger partial charge in [-0.2, -0.15) is 5.10 Å². The molecule has 6 heteroatoms. The molecule has 3 heterocycles. The van der Waals surface area contributed by atoms with Crippen LogP contribution in [-0.2, 0) is 0 Å². The van der Waals surface area contributed by atoms with Gasteiger partial charge in [-0.05, 0) is 37.1 Å². The fraction of sp³-hybridized carbons (Fsp3) is 0.200. The van der Waals surface area contributed by atoms with Crippen molar-refractivity contribution in [3.63, 3.8) is 0 Å². The molecular formula is C20H16ClFN4. The zero-order chi connectivity index (χ0) is 17.9. The second kappa shape index (κ2) is 5.42. The maximum atomic E-state index is 14.5. The Hall–Kier alpha value is -2.66. The number of para-hydroxylation sites is 1. The van der Waals surface area contributed by atoms with Gasteiger partial charge in [0.1, 0.15) is 17.8 Å². The molecule has 130 valence electrons. The van der Waals surface area contributed by atoms with Gasteiger partial charge in [-0.25, -0.2) is 13.9 Å². The molecule has 1 N–H and O–H groups in total. The number of aromatic nitrogens is 3. The molecule has 1 aliphatic heterocycles. The van der Waals surface area contributed by atoms with Crippen molar-refractivity contribution in [2.45, 2.75) is 24.3 Å². The maximum absolute atomic E-state index is 14.5. The number of hydrogen-bond donors (Lipinski definition) is 1. The summed E-state index contributed by atoms with van der Waals surface area (Å²) in [7, 11) is 0.